The lowest BCUT2D eigenvalue weighted by Crippen LogP contribution is -2.25. The Labute approximate surface area is 197 Å². The van der Waals surface area contributed by atoms with Gasteiger partial charge in [0.2, 0.25) is 12.7 Å². The molecule has 0 bridgehead atoms. The van der Waals surface area contributed by atoms with Crippen LogP contribution in [0.15, 0.2) is 35.6 Å². The average molecular weight is 469 g/mol. The van der Waals surface area contributed by atoms with Crippen molar-refractivity contribution in [3.8, 4) is 11.5 Å². The van der Waals surface area contributed by atoms with Crippen molar-refractivity contribution in [1.29, 1.82) is 0 Å². The molecule has 0 spiro atoms. The molecule has 1 amide bonds. The smallest absolute Gasteiger partial charge is 0.244 e. The molecule has 0 aliphatic carbocycles. The molecule has 2 aromatic heterocycles. The van der Waals surface area contributed by atoms with Gasteiger partial charge in [0.05, 0.1) is 18.1 Å². The lowest BCUT2D eigenvalue weighted by atomic mass is 10.2. The van der Waals surface area contributed by atoms with Crippen LogP contribution < -0.4 is 20.1 Å². The van der Waals surface area contributed by atoms with Crippen LogP contribution in [0.3, 0.4) is 0 Å². The summed E-state index contributed by atoms with van der Waals surface area (Å²) in [6, 6.07) is 5.80. The maximum atomic E-state index is 12.3. The van der Waals surface area contributed by atoms with Crippen molar-refractivity contribution < 1.29 is 14.3 Å². The molecule has 0 atom stereocenters. The van der Waals surface area contributed by atoms with Crippen LogP contribution in [0.1, 0.15) is 32.8 Å². The molecule has 2 N–H and O–H groups in total. The normalized spacial score (nSPS) is 12.7. The Morgan fingerprint density at radius 3 is 2.94 bits per heavy atom. The van der Waals surface area contributed by atoms with E-state index < -0.39 is 0 Å². The number of benzene rings is 1. The third-order valence-corrected chi connectivity index (χ3v) is 5.84. The van der Waals surface area contributed by atoms with Crippen LogP contribution in [0.2, 0.25) is 0 Å². The van der Waals surface area contributed by atoms with E-state index >= 15 is 0 Å². The van der Waals surface area contributed by atoms with Gasteiger partial charge in [0, 0.05) is 24.4 Å². The zero-order valence-corrected chi connectivity index (χ0v) is 19.8. The first-order chi connectivity index (χ1) is 16.0. The van der Waals surface area contributed by atoms with Crippen molar-refractivity contribution in [1.82, 2.24) is 25.1 Å². The maximum Gasteiger partial charge on any atom is 0.244 e. The standard InChI is InChI=1S/C23H28N6O3S/c1-4-11-33-23-27-21(26-15(2)3)17-13-25-29(22(17)28-23)10-9-24-20(30)8-6-16-5-7-18-19(12-16)32-14-31-18/h5-8,12-13,15H,4,9-11,14H2,1-3H3,(H,24,30)(H,26,27,28)/b8-6-. The molecular weight excluding hydrogens is 440 g/mol. The SMILES string of the molecule is CCCSc1nc(NC(C)C)c2cnn(CCNC(=O)/C=C\c3ccc4c(c3)OCO4)c2n1. The number of aromatic nitrogens is 4. The van der Waals surface area contributed by atoms with Gasteiger partial charge in [0.1, 0.15) is 5.82 Å². The average Bonchev–Trinajstić information content (AvgIpc) is 3.42. The van der Waals surface area contributed by atoms with Crippen molar-refractivity contribution in [3.05, 3.63) is 36.0 Å². The number of hydrogen-bond donors (Lipinski definition) is 2. The number of amides is 1. The minimum Gasteiger partial charge on any atom is -0.454 e. The minimum absolute atomic E-state index is 0.180. The number of anilines is 1. The molecule has 3 aromatic rings. The Balaban J connectivity index is 1.39. The molecule has 174 valence electrons. The van der Waals surface area contributed by atoms with Gasteiger partial charge in [-0.2, -0.15) is 5.10 Å². The summed E-state index contributed by atoms with van der Waals surface area (Å²) in [5.74, 6) is 2.96. The minimum atomic E-state index is -0.180. The fraction of sp³-hybridized carbons (Fsp3) is 0.391. The van der Waals surface area contributed by atoms with Crippen molar-refractivity contribution >= 4 is 40.6 Å². The van der Waals surface area contributed by atoms with Gasteiger partial charge in [-0.15, -0.1) is 0 Å². The maximum absolute atomic E-state index is 12.3. The van der Waals surface area contributed by atoms with Crippen molar-refractivity contribution in [2.24, 2.45) is 0 Å². The number of nitrogens with one attached hydrogen (secondary N) is 2. The van der Waals surface area contributed by atoms with E-state index in [-0.39, 0.29) is 18.7 Å². The van der Waals surface area contributed by atoms with Crippen molar-refractivity contribution in [3.63, 3.8) is 0 Å². The van der Waals surface area contributed by atoms with Crippen molar-refractivity contribution in [2.75, 3.05) is 24.4 Å². The van der Waals surface area contributed by atoms with Crippen LogP contribution in [0.4, 0.5) is 5.82 Å². The topological polar surface area (TPSA) is 103 Å². The van der Waals surface area contributed by atoms with Gasteiger partial charge in [0.15, 0.2) is 22.3 Å². The first kappa shape index (κ1) is 22.9. The molecule has 4 rings (SSSR count). The van der Waals surface area contributed by atoms with Gasteiger partial charge in [-0.25, -0.2) is 14.6 Å². The molecule has 0 radical (unpaired) electrons. The van der Waals surface area contributed by atoms with Gasteiger partial charge < -0.3 is 20.1 Å². The van der Waals surface area contributed by atoms with Crippen LogP contribution in [0, 0.1) is 0 Å². The Kier molecular flexibility index (Phi) is 7.33. The number of carbonyl (C=O) groups excluding carboxylic acids is 1. The lowest BCUT2D eigenvalue weighted by molar-refractivity contribution is -0.116. The quantitative estimate of drug-likeness (QED) is 0.264. The second kappa shape index (κ2) is 10.6. The molecule has 0 unspecified atom stereocenters. The third-order valence-electron chi connectivity index (χ3n) is 4.78. The van der Waals surface area contributed by atoms with E-state index in [1.165, 1.54) is 6.08 Å². The molecular formula is C23H28N6O3S. The molecule has 0 saturated heterocycles. The zero-order chi connectivity index (χ0) is 23.2. The summed E-state index contributed by atoms with van der Waals surface area (Å²) < 4.78 is 12.5. The Morgan fingerprint density at radius 2 is 2.12 bits per heavy atom. The highest BCUT2D eigenvalue weighted by atomic mass is 32.2. The van der Waals surface area contributed by atoms with Crippen LogP contribution in [0.5, 0.6) is 11.5 Å². The van der Waals surface area contributed by atoms with E-state index in [4.69, 9.17) is 14.5 Å². The van der Waals surface area contributed by atoms with Crippen LogP contribution >= 0.6 is 11.8 Å². The molecule has 1 aromatic carbocycles. The molecule has 0 saturated carbocycles. The predicted molar refractivity (Wildman–Crippen MR) is 130 cm³/mol. The fourth-order valence-corrected chi connectivity index (χ4v) is 3.97. The highest BCUT2D eigenvalue weighted by Crippen LogP contribution is 2.32. The van der Waals surface area contributed by atoms with Gasteiger partial charge in [-0.3, -0.25) is 4.79 Å². The number of hydrogen-bond acceptors (Lipinski definition) is 8. The number of nitrogens with zero attached hydrogens (tertiary/aromatic N) is 4. The summed E-state index contributed by atoms with van der Waals surface area (Å²) in [5.41, 5.74) is 1.63. The molecule has 3 heterocycles. The van der Waals surface area contributed by atoms with E-state index in [0.29, 0.717) is 18.8 Å². The third kappa shape index (κ3) is 5.75. The highest BCUT2D eigenvalue weighted by molar-refractivity contribution is 7.99. The molecule has 9 nitrogen and oxygen atoms in total. The number of ether oxygens (including phenoxy) is 2. The molecule has 33 heavy (non-hydrogen) atoms. The molecule has 1 aliphatic rings. The Hall–Kier alpha value is -3.27. The van der Waals surface area contributed by atoms with Crippen molar-refractivity contribution in [2.45, 2.75) is 44.9 Å². The van der Waals surface area contributed by atoms with E-state index in [1.807, 2.05) is 18.2 Å². The summed E-state index contributed by atoms with van der Waals surface area (Å²) in [6.45, 7) is 7.43. The summed E-state index contributed by atoms with van der Waals surface area (Å²) in [4.78, 5) is 21.6. The van der Waals surface area contributed by atoms with Crippen LogP contribution in [-0.2, 0) is 11.3 Å². The highest BCUT2D eigenvalue weighted by Gasteiger charge is 2.15. The molecule has 1 aliphatic heterocycles. The van der Waals surface area contributed by atoms with Gasteiger partial charge in [-0.1, -0.05) is 24.8 Å². The fourth-order valence-electron chi connectivity index (χ4n) is 3.27. The summed E-state index contributed by atoms with van der Waals surface area (Å²) in [6.07, 6.45) is 6.07. The first-order valence-electron chi connectivity index (χ1n) is 11.0. The second-order valence-electron chi connectivity index (χ2n) is 7.84. The summed E-state index contributed by atoms with van der Waals surface area (Å²) in [7, 11) is 0. The summed E-state index contributed by atoms with van der Waals surface area (Å²) in [5, 5.41) is 12.4. The van der Waals surface area contributed by atoms with E-state index in [1.54, 1.807) is 28.7 Å². The largest absolute Gasteiger partial charge is 0.454 e. The Bertz CT molecular complexity index is 1160. The second-order valence-corrected chi connectivity index (χ2v) is 8.91. The van der Waals surface area contributed by atoms with Gasteiger partial charge >= 0.3 is 0 Å². The van der Waals surface area contributed by atoms with E-state index in [9.17, 15) is 4.79 Å². The number of carbonyl (C=O) groups is 1. The number of fused-ring (bicyclic) bond motifs is 2. The predicted octanol–water partition coefficient (Wildman–Crippen LogP) is 3.71. The van der Waals surface area contributed by atoms with Gasteiger partial charge in [-0.05, 0) is 44.0 Å². The summed E-state index contributed by atoms with van der Waals surface area (Å²) >= 11 is 1.63. The first-order valence-corrected chi connectivity index (χ1v) is 12.0. The number of rotatable bonds is 10. The van der Waals surface area contributed by atoms with Gasteiger partial charge in [0.25, 0.3) is 0 Å². The van der Waals surface area contributed by atoms with E-state index in [0.717, 1.165) is 45.5 Å². The van der Waals surface area contributed by atoms with E-state index in [2.05, 4.69) is 41.5 Å². The zero-order valence-electron chi connectivity index (χ0n) is 19.0. The van der Waals surface area contributed by atoms with Crippen LogP contribution in [0.25, 0.3) is 17.1 Å². The lowest BCUT2D eigenvalue weighted by Gasteiger charge is -2.12. The molecule has 0 fully saturated rings. The monoisotopic (exact) mass is 468 g/mol. The Morgan fingerprint density at radius 1 is 1.27 bits per heavy atom. The van der Waals surface area contributed by atoms with Crippen LogP contribution in [-0.4, -0.2) is 50.8 Å². The molecule has 10 heteroatoms. The number of thioether (sulfide) groups is 1.